The van der Waals surface area contributed by atoms with Crippen LogP contribution in [0.5, 0.6) is 0 Å². The van der Waals surface area contributed by atoms with Gasteiger partial charge >= 0.3 is 0 Å². The molecule has 0 radical (unpaired) electrons. The summed E-state index contributed by atoms with van der Waals surface area (Å²) in [4.78, 5) is 0. The van der Waals surface area contributed by atoms with Crippen molar-refractivity contribution in [3.8, 4) is 12.3 Å². The summed E-state index contributed by atoms with van der Waals surface area (Å²) in [5.74, 6) is 2.25. The summed E-state index contributed by atoms with van der Waals surface area (Å²) in [6, 6.07) is 0. The summed E-state index contributed by atoms with van der Waals surface area (Å²) in [5, 5.41) is 0. The number of allylic oxidation sites excluding steroid dienone is 4. The average Bonchev–Trinajstić information content (AvgIpc) is 2.03. The van der Waals surface area contributed by atoms with Gasteiger partial charge < -0.3 is 0 Å². The summed E-state index contributed by atoms with van der Waals surface area (Å²) in [6.07, 6.45) is 8.84. The molecule has 0 fully saturated rings. The van der Waals surface area contributed by atoms with Gasteiger partial charge in [-0.05, 0) is 34.6 Å². The van der Waals surface area contributed by atoms with Gasteiger partial charge in [-0.15, -0.1) is 12.3 Å². The van der Waals surface area contributed by atoms with Gasteiger partial charge in [-0.3, -0.25) is 0 Å². The summed E-state index contributed by atoms with van der Waals surface area (Å²) in [6.45, 7) is 10.0. The fourth-order valence-electron chi connectivity index (χ4n) is 0.455. The van der Waals surface area contributed by atoms with Crippen molar-refractivity contribution in [2.45, 2.75) is 42.0 Å². The van der Waals surface area contributed by atoms with Crippen LogP contribution in [-0.4, -0.2) is 0 Å². The van der Waals surface area contributed by atoms with Gasteiger partial charge in [0, 0.05) is 0 Å². The van der Waals surface area contributed by atoms with Crippen molar-refractivity contribution in [1.82, 2.24) is 0 Å². The Morgan fingerprint density at radius 1 is 1.08 bits per heavy atom. The van der Waals surface area contributed by atoms with E-state index in [0.717, 1.165) is 0 Å². The first-order valence-electron chi connectivity index (χ1n) is 3.77. The minimum absolute atomic E-state index is 0. The van der Waals surface area contributed by atoms with Crippen LogP contribution >= 0.6 is 0 Å². The van der Waals surface area contributed by atoms with E-state index in [1.807, 2.05) is 0 Å². The van der Waals surface area contributed by atoms with Crippen molar-refractivity contribution in [1.29, 1.82) is 0 Å². The van der Waals surface area contributed by atoms with Crippen LogP contribution < -0.4 is 0 Å². The van der Waals surface area contributed by atoms with Gasteiger partial charge in [0.15, 0.2) is 0 Å². The van der Waals surface area contributed by atoms with E-state index in [2.05, 4.69) is 52.2 Å². The van der Waals surface area contributed by atoms with Crippen LogP contribution in [0.3, 0.4) is 0 Å². The van der Waals surface area contributed by atoms with Crippen LogP contribution in [0.1, 0.15) is 42.0 Å². The largest absolute Gasteiger partial charge is 0.120 e. The highest BCUT2D eigenvalue weighted by atomic mass is 13.9. The molecule has 0 aliphatic heterocycles. The summed E-state index contributed by atoms with van der Waals surface area (Å²) >= 11 is 0. The van der Waals surface area contributed by atoms with E-state index >= 15 is 0 Å². The summed E-state index contributed by atoms with van der Waals surface area (Å²) < 4.78 is 0. The van der Waals surface area contributed by atoms with E-state index in [0.29, 0.717) is 0 Å². The van der Waals surface area contributed by atoms with Gasteiger partial charge in [0.25, 0.3) is 0 Å². The smallest absolute Gasteiger partial charge is 0.00297 e. The molecule has 0 aromatic heterocycles. The maximum absolute atomic E-state index is 4.60. The molecule has 0 aliphatic rings. The molecule has 0 rings (SSSR count). The number of hydrogen-bond acceptors (Lipinski definition) is 0. The first-order chi connectivity index (χ1) is 5.13. The Morgan fingerprint density at radius 2 is 1.25 bits per heavy atom. The Bertz CT molecular complexity index is 159. The molecular formula is C12H22. The predicted octanol–water partition coefficient (Wildman–Crippen LogP) is 4.19. The topological polar surface area (TPSA) is 0 Å². The summed E-state index contributed by atoms with van der Waals surface area (Å²) in [5.41, 5.74) is 2.74. The normalized spacial score (nSPS) is 10.3. The zero-order valence-corrected chi connectivity index (χ0v) is 8.23. The van der Waals surface area contributed by atoms with Gasteiger partial charge in [-0.1, -0.05) is 30.7 Å². The van der Waals surface area contributed by atoms with Crippen LogP contribution in [-0.2, 0) is 0 Å². The zero-order chi connectivity index (χ0) is 9.28. The molecule has 0 bridgehead atoms. The molecule has 0 atom stereocenters. The lowest BCUT2D eigenvalue weighted by molar-refractivity contribution is 1.31. The van der Waals surface area contributed by atoms with E-state index in [9.17, 15) is 0 Å². The maximum atomic E-state index is 4.60. The number of hydrogen-bond donors (Lipinski definition) is 0. The molecule has 12 heavy (non-hydrogen) atoms. The SMILES string of the molecule is C.C#CC.C/C=C(C)\C(C)=C/C. The molecule has 0 heterocycles. The van der Waals surface area contributed by atoms with Crippen molar-refractivity contribution in [2.24, 2.45) is 0 Å². The van der Waals surface area contributed by atoms with Crippen LogP contribution in [0, 0.1) is 12.3 Å². The molecule has 0 saturated carbocycles. The molecule has 0 spiro atoms. The van der Waals surface area contributed by atoms with E-state index in [1.165, 1.54) is 11.1 Å². The van der Waals surface area contributed by atoms with Crippen molar-refractivity contribution in [3.63, 3.8) is 0 Å². The molecule has 0 heteroatoms. The molecule has 0 unspecified atom stereocenters. The average molecular weight is 166 g/mol. The molecule has 0 aromatic rings. The van der Waals surface area contributed by atoms with Crippen LogP contribution in [0.15, 0.2) is 23.3 Å². The second kappa shape index (κ2) is 12.7. The zero-order valence-electron chi connectivity index (χ0n) is 8.23. The van der Waals surface area contributed by atoms with E-state index in [4.69, 9.17) is 0 Å². The Balaban J connectivity index is -0.000000177. The predicted molar refractivity (Wildman–Crippen MR) is 60.1 cm³/mol. The third-order valence-electron chi connectivity index (χ3n) is 1.49. The third-order valence-corrected chi connectivity index (χ3v) is 1.49. The lowest BCUT2D eigenvalue weighted by Crippen LogP contribution is -1.74. The lowest BCUT2D eigenvalue weighted by Gasteiger charge is -1.95. The highest BCUT2D eigenvalue weighted by molar-refractivity contribution is 5.25. The lowest BCUT2D eigenvalue weighted by atomic mass is 10.1. The second-order valence-electron chi connectivity index (χ2n) is 2.23. The molecule has 70 valence electrons. The minimum Gasteiger partial charge on any atom is -0.120 e. The standard InChI is InChI=1S/C8H14.C3H4.CH4/c1-5-7(3)8(4)6-2;1-3-2;/h5-6H,1-4H3;1H,2H3;1H4/b7-5-,8-6-;;. The van der Waals surface area contributed by atoms with Gasteiger partial charge in [-0.2, -0.15) is 0 Å². The highest BCUT2D eigenvalue weighted by Gasteiger charge is 1.84. The molecule has 0 amide bonds. The molecule has 0 aromatic carbocycles. The van der Waals surface area contributed by atoms with E-state index in [-0.39, 0.29) is 7.43 Å². The number of terminal acetylenes is 1. The van der Waals surface area contributed by atoms with Crippen molar-refractivity contribution in [3.05, 3.63) is 23.3 Å². The van der Waals surface area contributed by atoms with E-state index < -0.39 is 0 Å². The minimum atomic E-state index is 0. The van der Waals surface area contributed by atoms with Crippen LogP contribution in [0.4, 0.5) is 0 Å². The van der Waals surface area contributed by atoms with Crippen molar-refractivity contribution >= 4 is 0 Å². The monoisotopic (exact) mass is 166 g/mol. The summed E-state index contributed by atoms with van der Waals surface area (Å²) in [7, 11) is 0. The Kier molecular flexibility index (Phi) is 18.2. The Hall–Kier alpha value is -0.960. The quantitative estimate of drug-likeness (QED) is 0.404. The van der Waals surface area contributed by atoms with Crippen LogP contribution in [0.2, 0.25) is 0 Å². The van der Waals surface area contributed by atoms with Crippen molar-refractivity contribution in [2.75, 3.05) is 0 Å². The first kappa shape index (κ1) is 17.2. The van der Waals surface area contributed by atoms with Gasteiger partial charge in [0.1, 0.15) is 0 Å². The Labute approximate surface area is 78.4 Å². The molecule has 0 saturated heterocycles. The first-order valence-corrected chi connectivity index (χ1v) is 3.77. The maximum Gasteiger partial charge on any atom is -0.00297 e. The molecule has 0 N–H and O–H groups in total. The van der Waals surface area contributed by atoms with Gasteiger partial charge in [0.05, 0.1) is 0 Å². The van der Waals surface area contributed by atoms with Gasteiger partial charge in [0.2, 0.25) is 0 Å². The fraction of sp³-hybridized carbons (Fsp3) is 0.500. The second-order valence-corrected chi connectivity index (χ2v) is 2.23. The fourth-order valence-corrected chi connectivity index (χ4v) is 0.455. The number of rotatable bonds is 1. The molecular weight excluding hydrogens is 144 g/mol. The highest BCUT2D eigenvalue weighted by Crippen LogP contribution is 2.05. The van der Waals surface area contributed by atoms with E-state index in [1.54, 1.807) is 6.92 Å². The Morgan fingerprint density at radius 3 is 1.33 bits per heavy atom. The van der Waals surface area contributed by atoms with Crippen molar-refractivity contribution < 1.29 is 0 Å². The van der Waals surface area contributed by atoms with Gasteiger partial charge in [-0.25, -0.2) is 0 Å². The molecule has 0 nitrogen and oxygen atoms in total. The third kappa shape index (κ3) is 11.8. The molecule has 0 aliphatic carbocycles. The van der Waals surface area contributed by atoms with Crippen LogP contribution in [0.25, 0.3) is 0 Å².